The number of piperazine rings is 1. The van der Waals surface area contributed by atoms with Crippen LogP contribution in [0.25, 0.3) is 10.9 Å². The lowest BCUT2D eigenvalue weighted by atomic mass is 10.1. The minimum Gasteiger partial charge on any atom is -0.345 e. The second kappa shape index (κ2) is 11.1. The van der Waals surface area contributed by atoms with E-state index < -0.39 is 16.1 Å². The number of thiazole rings is 1. The Bertz CT molecular complexity index is 1630. The third-order valence-electron chi connectivity index (χ3n) is 8.04. The molecule has 2 amide bonds. The first-order valence-corrected chi connectivity index (χ1v) is 16.3. The molecule has 2 saturated heterocycles. The Morgan fingerprint density at radius 1 is 1.15 bits per heavy atom. The van der Waals surface area contributed by atoms with Gasteiger partial charge in [-0.15, -0.1) is 11.3 Å². The standard InChI is InChI=1S/C27H31ClN6O5S2/c1-16-10-22-23(14-29-16)40-26(31-22)27(37)34-9-8-33(15-19(34)13-25(36)32-6-4-20(35)5-7-32)41(38,39)24-12-17-11-18(28)2-3-21(17)30-24/h2-3,11-12,16,19,29-30H,4-10,13-15H2,1H3. The summed E-state index contributed by atoms with van der Waals surface area (Å²) in [6.07, 6.45) is 1.30. The molecule has 2 aromatic heterocycles. The zero-order chi connectivity index (χ0) is 28.9. The van der Waals surface area contributed by atoms with Gasteiger partial charge in [0.15, 0.2) is 5.01 Å². The highest BCUT2D eigenvalue weighted by Gasteiger charge is 2.40. The molecule has 2 unspecified atom stereocenters. The maximum absolute atomic E-state index is 13.8. The fourth-order valence-electron chi connectivity index (χ4n) is 5.70. The zero-order valence-corrected chi connectivity index (χ0v) is 24.9. The summed E-state index contributed by atoms with van der Waals surface area (Å²) < 4.78 is 28.8. The van der Waals surface area contributed by atoms with Crippen LogP contribution in [0.2, 0.25) is 5.02 Å². The van der Waals surface area contributed by atoms with E-state index in [9.17, 15) is 22.8 Å². The number of aromatic amines is 1. The summed E-state index contributed by atoms with van der Waals surface area (Å²) in [7, 11) is -3.95. The Morgan fingerprint density at radius 2 is 1.93 bits per heavy atom. The number of halogens is 1. The van der Waals surface area contributed by atoms with E-state index in [2.05, 4.69) is 22.2 Å². The number of H-pyrrole nitrogens is 1. The molecule has 41 heavy (non-hydrogen) atoms. The van der Waals surface area contributed by atoms with Gasteiger partial charge in [0.05, 0.1) is 11.7 Å². The monoisotopic (exact) mass is 618 g/mol. The van der Waals surface area contributed by atoms with Crippen molar-refractivity contribution in [3.05, 3.63) is 44.9 Å². The predicted octanol–water partition coefficient (Wildman–Crippen LogP) is 2.41. The number of hydrogen-bond donors (Lipinski definition) is 2. The Labute approximate surface area is 246 Å². The average molecular weight is 619 g/mol. The molecule has 0 saturated carbocycles. The molecule has 218 valence electrons. The number of hydrogen-bond acceptors (Lipinski definition) is 8. The molecule has 1 aromatic carbocycles. The number of nitrogens with zero attached hydrogens (tertiary/aromatic N) is 4. The predicted molar refractivity (Wildman–Crippen MR) is 154 cm³/mol. The number of rotatable bonds is 5. The molecule has 3 aliphatic heterocycles. The largest absolute Gasteiger partial charge is 0.345 e. The topological polar surface area (TPSA) is 136 Å². The van der Waals surface area contributed by atoms with E-state index in [0.29, 0.717) is 53.4 Å². The second-order valence-corrected chi connectivity index (χ2v) is 14.3. The normalized spacial score (nSPS) is 22.2. The molecule has 0 radical (unpaired) electrons. The van der Waals surface area contributed by atoms with Crippen LogP contribution in [-0.4, -0.2) is 94.9 Å². The summed E-state index contributed by atoms with van der Waals surface area (Å²) >= 11 is 7.44. The van der Waals surface area contributed by atoms with Crippen molar-refractivity contribution in [3.63, 3.8) is 0 Å². The van der Waals surface area contributed by atoms with Crippen LogP contribution >= 0.6 is 22.9 Å². The maximum Gasteiger partial charge on any atom is 0.283 e. The summed E-state index contributed by atoms with van der Waals surface area (Å²) in [6.45, 7) is 3.56. The molecule has 3 aromatic rings. The number of carbonyl (C=O) groups is 3. The quantitative estimate of drug-likeness (QED) is 0.448. The summed E-state index contributed by atoms with van der Waals surface area (Å²) in [5.74, 6) is -0.366. The van der Waals surface area contributed by atoms with Crippen molar-refractivity contribution in [1.82, 2.24) is 29.4 Å². The molecular weight excluding hydrogens is 588 g/mol. The highest BCUT2D eigenvalue weighted by Crippen LogP contribution is 2.29. The Balaban J connectivity index is 1.26. The average Bonchev–Trinajstić information content (AvgIpc) is 3.57. The van der Waals surface area contributed by atoms with Crippen LogP contribution in [0.1, 0.15) is 46.6 Å². The molecule has 2 fully saturated rings. The molecule has 0 bridgehead atoms. The van der Waals surface area contributed by atoms with E-state index in [0.717, 1.165) is 17.0 Å². The zero-order valence-electron chi connectivity index (χ0n) is 22.6. The van der Waals surface area contributed by atoms with Crippen LogP contribution < -0.4 is 5.32 Å². The number of carbonyl (C=O) groups excluding carboxylic acids is 3. The van der Waals surface area contributed by atoms with E-state index >= 15 is 0 Å². The molecule has 6 rings (SSSR count). The highest BCUT2D eigenvalue weighted by molar-refractivity contribution is 7.89. The smallest absolute Gasteiger partial charge is 0.283 e. The van der Waals surface area contributed by atoms with Gasteiger partial charge in [0.1, 0.15) is 10.8 Å². The van der Waals surface area contributed by atoms with E-state index in [1.807, 2.05) is 0 Å². The van der Waals surface area contributed by atoms with Crippen LogP contribution in [0.3, 0.4) is 0 Å². The van der Waals surface area contributed by atoms with Crippen molar-refractivity contribution in [2.45, 2.75) is 56.3 Å². The van der Waals surface area contributed by atoms with Gasteiger partial charge in [-0.05, 0) is 31.2 Å². The van der Waals surface area contributed by atoms with Gasteiger partial charge < -0.3 is 20.1 Å². The Morgan fingerprint density at radius 3 is 2.71 bits per heavy atom. The molecule has 3 aliphatic rings. The summed E-state index contributed by atoms with van der Waals surface area (Å²) in [5.41, 5.74) is 1.56. The third kappa shape index (κ3) is 5.65. The second-order valence-electron chi connectivity index (χ2n) is 10.9. The van der Waals surface area contributed by atoms with Crippen LogP contribution in [0.4, 0.5) is 0 Å². The number of likely N-dealkylation sites (tertiary alicyclic amines) is 1. The fraction of sp³-hybridized carbons (Fsp3) is 0.481. The van der Waals surface area contributed by atoms with E-state index in [-0.39, 0.29) is 54.7 Å². The van der Waals surface area contributed by atoms with Gasteiger partial charge >= 0.3 is 0 Å². The van der Waals surface area contributed by atoms with Crippen molar-refractivity contribution in [1.29, 1.82) is 0 Å². The minimum atomic E-state index is -3.95. The van der Waals surface area contributed by atoms with Gasteiger partial charge in [-0.1, -0.05) is 11.6 Å². The molecule has 0 spiro atoms. The van der Waals surface area contributed by atoms with E-state index in [4.69, 9.17) is 11.6 Å². The lowest BCUT2D eigenvalue weighted by molar-refractivity contribution is -0.135. The van der Waals surface area contributed by atoms with Crippen LogP contribution in [0.15, 0.2) is 29.3 Å². The first kappa shape index (κ1) is 28.3. The fourth-order valence-corrected chi connectivity index (χ4v) is 8.36. The van der Waals surface area contributed by atoms with Gasteiger partial charge in [0.25, 0.3) is 15.9 Å². The lowest BCUT2D eigenvalue weighted by Crippen LogP contribution is -2.57. The minimum absolute atomic E-state index is 0.0309. The molecule has 5 heterocycles. The van der Waals surface area contributed by atoms with Crippen molar-refractivity contribution in [2.75, 3.05) is 32.7 Å². The maximum atomic E-state index is 13.8. The molecule has 11 nitrogen and oxygen atoms in total. The van der Waals surface area contributed by atoms with E-state index in [1.54, 1.807) is 34.1 Å². The highest BCUT2D eigenvalue weighted by atomic mass is 35.5. The lowest BCUT2D eigenvalue weighted by Gasteiger charge is -2.41. The van der Waals surface area contributed by atoms with Crippen LogP contribution in [-0.2, 0) is 32.6 Å². The number of aromatic nitrogens is 2. The number of ketones is 1. The molecule has 14 heteroatoms. The van der Waals surface area contributed by atoms with E-state index in [1.165, 1.54) is 15.6 Å². The Hall–Kier alpha value is -2.84. The van der Waals surface area contributed by atoms with Crippen LogP contribution in [0, 0.1) is 0 Å². The first-order valence-electron chi connectivity index (χ1n) is 13.7. The molecule has 0 aliphatic carbocycles. The van der Waals surface area contributed by atoms with Crippen molar-refractivity contribution < 1.29 is 22.8 Å². The van der Waals surface area contributed by atoms with Crippen molar-refractivity contribution in [3.8, 4) is 0 Å². The number of fused-ring (bicyclic) bond motifs is 2. The van der Waals surface area contributed by atoms with Gasteiger partial charge in [0.2, 0.25) is 5.91 Å². The van der Waals surface area contributed by atoms with Gasteiger partial charge in [-0.2, -0.15) is 4.31 Å². The van der Waals surface area contributed by atoms with Crippen molar-refractivity contribution in [2.24, 2.45) is 0 Å². The molecule has 2 atom stereocenters. The number of sulfonamides is 1. The Kier molecular flexibility index (Phi) is 7.66. The van der Waals surface area contributed by atoms with Crippen molar-refractivity contribution >= 4 is 61.5 Å². The first-order chi connectivity index (χ1) is 19.6. The van der Waals surface area contributed by atoms with Crippen LogP contribution in [0.5, 0.6) is 0 Å². The molecule has 2 N–H and O–H groups in total. The number of Topliss-reactive ketones (excluding diaryl/α,β-unsaturated/α-hetero) is 1. The third-order valence-corrected chi connectivity index (χ3v) is 11.1. The number of piperidine rings is 1. The number of amides is 2. The van der Waals surface area contributed by atoms with Gasteiger partial charge in [-0.3, -0.25) is 14.4 Å². The van der Waals surface area contributed by atoms with Gasteiger partial charge in [-0.25, -0.2) is 13.4 Å². The number of nitrogens with one attached hydrogen (secondary N) is 2. The summed E-state index contributed by atoms with van der Waals surface area (Å²) in [4.78, 5) is 50.7. The summed E-state index contributed by atoms with van der Waals surface area (Å²) in [6, 6.07) is 6.23. The molecular formula is C27H31ClN6O5S2. The summed E-state index contributed by atoms with van der Waals surface area (Å²) in [5, 5.41) is 4.94. The number of benzene rings is 1. The van der Waals surface area contributed by atoms with Gasteiger partial charge in [0, 0.05) is 91.8 Å². The SMILES string of the molecule is CC1Cc2nc(C(=O)N3CCN(S(=O)(=O)c4cc5cc(Cl)ccc5[nH]4)CC3CC(=O)N3CCC(=O)CC3)sc2CN1.